The molecule has 2 nitrogen and oxygen atoms in total. The van der Waals surface area contributed by atoms with Crippen LogP contribution in [0.15, 0.2) is 0 Å². The van der Waals surface area contributed by atoms with E-state index in [0.717, 1.165) is 0 Å². The van der Waals surface area contributed by atoms with Crippen LogP contribution < -0.4 is 0 Å². The van der Waals surface area contributed by atoms with E-state index >= 15 is 0 Å². The fraction of sp³-hybridized carbons (Fsp3) is 1.00. The van der Waals surface area contributed by atoms with Gasteiger partial charge in [0.05, 0.1) is 12.2 Å². The third-order valence-corrected chi connectivity index (χ3v) is 1.04. The Labute approximate surface area is 105 Å². The predicted molar refractivity (Wildman–Crippen MR) is 74.6 cm³/mol. The Hall–Kier alpha value is 1.38. The molecule has 13 heavy (non-hydrogen) atoms. The normalized spacial score (nSPS) is 11.5. The van der Waals surface area contributed by atoms with Gasteiger partial charge in [0.25, 0.3) is 0 Å². The van der Waals surface area contributed by atoms with Crippen molar-refractivity contribution in [2.24, 2.45) is 0 Å². The second-order valence-corrected chi connectivity index (χ2v) is 3.73. The fourth-order valence-corrected chi connectivity index (χ4v) is 1.16. The first-order chi connectivity index (χ1) is 5.83. The molecule has 0 unspecified atom stereocenters. The van der Waals surface area contributed by atoms with Crippen LogP contribution in [0.4, 0.5) is 0 Å². The van der Waals surface area contributed by atoms with Gasteiger partial charge in [-0.3, -0.25) is 0 Å². The van der Waals surface area contributed by atoms with E-state index < -0.39 is 5.79 Å². The molecule has 0 aliphatic carbocycles. The first kappa shape index (κ1) is 16.8. The Balaban J connectivity index is 0. The zero-order chi connectivity index (χ0) is 11.1. The van der Waals surface area contributed by atoms with Crippen molar-refractivity contribution in [2.75, 3.05) is 0 Å². The summed E-state index contributed by atoms with van der Waals surface area (Å²) >= 11 is 4.24. The summed E-state index contributed by atoms with van der Waals surface area (Å²) < 4.78 is 11.1. The highest BCUT2D eigenvalue weighted by molar-refractivity contribution is 15.0. The molecule has 0 aliphatic rings. The molecular weight excluding hydrogens is 394 g/mol. The number of hydrogen-bond acceptors (Lipinski definition) is 2. The van der Waals surface area contributed by atoms with E-state index in [1.807, 2.05) is 41.5 Å². The molecule has 0 aromatic rings. The van der Waals surface area contributed by atoms with Crippen molar-refractivity contribution in [3.63, 3.8) is 0 Å². The summed E-state index contributed by atoms with van der Waals surface area (Å²) in [5, 5.41) is 0. The molecule has 4 heteroatoms. The number of ether oxygens (including phenoxy) is 2. The standard InChI is InChI=1S/C9H20O2.I2/c1-7(2)10-9(5,6)11-8(3)4;1-2/h7-8H,1-6H3;. The van der Waals surface area contributed by atoms with Crippen molar-refractivity contribution >= 4 is 37.2 Å². The molecule has 0 saturated carbocycles. The van der Waals surface area contributed by atoms with Crippen molar-refractivity contribution in [1.29, 1.82) is 0 Å². The van der Waals surface area contributed by atoms with Crippen LogP contribution >= 0.6 is 37.2 Å². The Kier molecular flexibility index (Phi) is 11.2. The molecular formula is C9H20I2O2. The van der Waals surface area contributed by atoms with Crippen LogP contribution in [-0.2, 0) is 9.47 Å². The lowest BCUT2D eigenvalue weighted by Gasteiger charge is -2.29. The first-order valence-corrected chi connectivity index (χ1v) is 10.6. The van der Waals surface area contributed by atoms with Crippen molar-refractivity contribution in [1.82, 2.24) is 0 Å². The van der Waals surface area contributed by atoms with Gasteiger partial charge in [-0.2, -0.15) is 0 Å². The number of hydrogen-bond donors (Lipinski definition) is 0. The molecule has 0 amide bonds. The molecule has 0 rings (SSSR count). The molecule has 0 bridgehead atoms. The molecule has 0 heterocycles. The first-order valence-electron chi connectivity index (χ1n) is 4.33. The van der Waals surface area contributed by atoms with Crippen LogP contribution in [0.5, 0.6) is 0 Å². The zero-order valence-corrected chi connectivity index (χ0v) is 13.5. The Morgan fingerprint density at radius 2 is 1.08 bits per heavy atom. The Morgan fingerprint density at radius 1 is 0.846 bits per heavy atom. The third-order valence-electron chi connectivity index (χ3n) is 1.04. The summed E-state index contributed by atoms with van der Waals surface area (Å²) in [7, 11) is 0. The van der Waals surface area contributed by atoms with E-state index in [-0.39, 0.29) is 12.2 Å². The van der Waals surface area contributed by atoms with Crippen molar-refractivity contribution < 1.29 is 9.47 Å². The molecule has 0 atom stereocenters. The molecule has 0 aromatic carbocycles. The molecule has 0 saturated heterocycles. The lowest BCUT2D eigenvalue weighted by Crippen LogP contribution is -2.33. The van der Waals surface area contributed by atoms with Crippen molar-refractivity contribution in [3.05, 3.63) is 0 Å². The largest absolute Gasteiger partial charge is 0.348 e. The van der Waals surface area contributed by atoms with Gasteiger partial charge in [0, 0.05) is 37.2 Å². The quantitative estimate of drug-likeness (QED) is 0.504. The maximum Gasteiger partial charge on any atom is 0.163 e. The molecule has 0 aromatic heterocycles. The molecule has 0 aliphatic heterocycles. The maximum atomic E-state index is 5.53. The summed E-state index contributed by atoms with van der Waals surface area (Å²) in [6, 6.07) is 0. The smallest absolute Gasteiger partial charge is 0.163 e. The van der Waals surface area contributed by atoms with E-state index in [9.17, 15) is 0 Å². The highest BCUT2D eigenvalue weighted by atomic mass is 128. The van der Waals surface area contributed by atoms with E-state index in [1.165, 1.54) is 0 Å². The van der Waals surface area contributed by atoms with E-state index in [4.69, 9.17) is 9.47 Å². The SMILES string of the molecule is CC(C)OC(C)(C)OC(C)C.II. The van der Waals surface area contributed by atoms with Gasteiger partial charge in [0.2, 0.25) is 0 Å². The highest BCUT2D eigenvalue weighted by Crippen LogP contribution is 2.15. The highest BCUT2D eigenvalue weighted by Gasteiger charge is 2.21. The molecule has 0 N–H and O–H groups in total. The number of rotatable bonds is 4. The second kappa shape index (κ2) is 8.67. The van der Waals surface area contributed by atoms with Gasteiger partial charge < -0.3 is 9.47 Å². The van der Waals surface area contributed by atoms with Gasteiger partial charge in [-0.1, -0.05) is 0 Å². The third kappa shape index (κ3) is 13.4. The lowest BCUT2D eigenvalue weighted by atomic mass is 10.3. The van der Waals surface area contributed by atoms with Crippen molar-refractivity contribution in [2.45, 2.75) is 59.5 Å². The van der Waals surface area contributed by atoms with Gasteiger partial charge in [-0.25, -0.2) is 0 Å². The van der Waals surface area contributed by atoms with Crippen molar-refractivity contribution in [3.8, 4) is 0 Å². The van der Waals surface area contributed by atoms with Gasteiger partial charge in [-0.05, 0) is 41.5 Å². The zero-order valence-electron chi connectivity index (χ0n) is 9.23. The van der Waals surface area contributed by atoms with Gasteiger partial charge in [-0.15, -0.1) is 0 Å². The summed E-state index contributed by atoms with van der Waals surface area (Å²) in [4.78, 5) is 0. The monoisotopic (exact) mass is 414 g/mol. The minimum atomic E-state index is -0.456. The molecule has 82 valence electrons. The van der Waals surface area contributed by atoms with Crippen LogP contribution in [-0.4, -0.2) is 18.0 Å². The van der Waals surface area contributed by atoms with Crippen LogP contribution in [0.25, 0.3) is 0 Å². The Bertz CT molecular complexity index is 102. The Morgan fingerprint density at radius 3 is 1.23 bits per heavy atom. The summed E-state index contributed by atoms with van der Waals surface area (Å²) in [6.07, 6.45) is 0.424. The fourth-order valence-electron chi connectivity index (χ4n) is 1.16. The average molecular weight is 414 g/mol. The minimum Gasteiger partial charge on any atom is -0.348 e. The molecule has 0 radical (unpaired) electrons. The van der Waals surface area contributed by atoms with E-state index in [2.05, 4.69) is 37.2 Å². The summed E-state index contributed by atoms with van der Waals surface area (Å²) in [5.74, 6) is -0.456. The molecule has 0 spiro atoms. The predicted octanol–water partition coefficient (Wildman–Crippen LogP) is 4.34. The van der Waals surface area contributed by atoms with E-state index in [0.29, 0.717) is 0 Å². The second-order valence-electron chi connectivity index (χ2n) is 3.73. The topological polar surface area (TPSA) is 18.5 Å². The van der Waals surface area contributed by atoms with Gasteiger partial charge >= 0.3 is 0 Å². The minimum absolute atomic E-state index is 0.212. The van der Waals surface area contributed by atoms with Crippen LogP contribution in [0, 0.1) is 0 Å². The van der Waals surface area contributed by atoms with E-state index in [1.54, 1.807) is 0 Å². The van der Waals surface area contributed by atoms with Crippen LogP contribution in [0.2, 0.25) is 0 Å². The number of halogens is 2. The average Bonchev–Trinajstić information content (AvgIpc) is 1.85. The van der Waals surface area contributed by atoms with Gasteiger partial charge in [0.15, 0.2) is 5.79 Å². The van der Waals surface area contributed by atoms with Gasteiger partial charge in [0.1, 0.15) is 0 Å². The summed E-state index contributed by atoms with van der Waals surface area (Å²) in [6.45, 7) is 11.9. The maximum absolute atomic E-state index is 5.53. The van der Waals surface area contributed by atoms with Crippen LogP contribution in [0.3, 0.4) is 0 Å². The lowest BCUT2D eigenvalue weighted by molar-refractivity contribution is -0.246. The summed E-state index contributed by atoms with van der Waals surface area (Å²) in [5.41, 5.74) is 0. The molecule has 0 fully saturated rings. The van der Waals surface area contributed by atoms with Crippen LogP contribution in [0.1, 0.15) is 41.5 Å².